The van der Waals surface area contributed by atoms with E-state index >= 15 is 0 Å². The molecule has 0 unspecified atom stereocenters. The number of rotatable bonds is 6. The molecule has 2 N–H and O–H groups in total. The van der Waals surface area contributed by atoms with Crippen molar-refractivity contribution in [2.45, 2.75) is 20.3 Å². The number of primary amides is 1. The third kappa shape index (κ3) is 4.17. The summed E-state index contributed by atoms with van der Waals surface area (Å²) in [6.45, 7) is 2.36. The van der Waals surface area contributed by atoms with E-state index in [1.165, 1.54) is 19.1 Å². The van der Waals surface area contributed by atoms with E-state index < -0.39 is 17.7 Å². The lowest BCUT2D eigenvalue weighted by Crippen LogP contribution is -2.19. The van der Waals surface area contributed by atoms with Crippen LogP contribution >= 0.6 is 0 Å². The average Bonchev–Trinajstić information content (AvgIpc) is 2.54. The zero-order chi connectivity index (χ0) is 18.6. The van der Waals surface area contributed by atoms with Gasteiger partial charge in [0.2, 0.25) is 0 Å². The van der Waals surface area contributed by atoms with Crippen molar-refractivity contribution in [2.75, 3.05) is 0 Å². The molecule has 0 saturated heterocycles. The minimum absolute atomic E-state index is 0.0660. The summed E-state index contributed by atoms with van der Waals surface area (Å²) in [5, 5.41) is 0. The van der Waals surface area contributed by atoms with E-state index in [4.69, 9.17) is 10.5 Å². The van der Waals surface area contributed by atoms with Gasteiger partial charge in [-0.25, -0.2) is 0 Å². The second kappa shape index (κ2) is 7.53. The van der Waals surface area contributed by atoms with Crippen molar-refractivity contribution in [2.24, 2.45) is 5.73 Å². The third-order valence-electron chi connectivity index (χ3n) is 3.53. The Morgan fingerprint density at radius 3 is 2.04 bits per heavy atom. The largest absolute Gasteiger partial charge is 0.425 e. The number of amides is 1. The van der Waals surface area contributed by atoms with E-state index in [0.717, 1.165) is 12.5 Å². The molecular weight excluding hydrogens is 322 g/mol. The number of carbonyl (C=O) groups is 4. The van der Waals surface area contributed by atoms with Gasteiger partial charge in [0.25, 0.3) is 5.91 Å². The third-order valence-corrected chi connectivity index (χ3v) is 3.53. The highest BCUT2D eigenvalue weighted by Crippen LogP contribution is 2.29. The summed E-state index contributed by atoms with van der Waals surface area (Å²) in [5.41, 5.74) is 5.89. The molecule has 0 aromatic heterocycles. The fourth-order valence-corrected chi connectivity index (χ4v) is 2.48. The first kappa shape index (κ1) is 18.1. The predicted octanol–water partition coefficient (Wildman–Crippen LogP) is 2.34. The van der Waals surface area contributed by atoms with E-state index in [2.05, 4.69) is 0 Å². The molecule has 0 aliphatic carbocycles. The van der Waals surface area contributed by atoms with Gasteiger partial charge >= 0.3 is 5.97 Å². The Bertz CT molecular complexity index is 856. The molecule has 1 amide bonds. The molecule has 0 fully saturated rings. The molecule has 2 rings (SSSR count). The van der Waals surface area contributed by atoms with E-state index in [9.17, 15) is 19.2 Å². The van der Waals surface area contributed by atoms with Crippen molar-refractivity contribution in [3.8, 4) is 5.75 Å². The topological polar surface area (TPSA) is 104 Å². The smallest absolute Gasteiger partial charge is 0.308 e. The molecule has 0 radical (unpaired) electrons. The summed E-state index contributed by atoms with van der Waals surface area (Å²) in [7, 11) is 0. The second-order valence-electron chi connectivity index (χ2n) is 5.46. The SMILES string of the molecule is CC(=O)Oc1c(C(N)=O)ccc(C(=O)Cc2ccccc2)c1C(C)=O. The Labute approximate surface area is 144 Å². The lowest BCUT2D eigenvalue weighted by atomic mass is 9.93. The van der Waals surface area contributed by atoms with Crippen LogP contribution in [0.4, 0.5) is 0 Å². The van der Waals surface area contributed by atoms with E-state index in [0.29, 0.717) is 0 Å². The van der Waals surface area contributed by atoms with Crippen molar-refractivity contribution in [1.82, 2.24) is 0 Å². The van der Waals surface area contributed by atoms with E-state index in [1.807, 2.05) is 6.07 Å². The van der Waals surface area contributed by atoms with Crippen molar-refractivity contribution in [1.29, 1.82) is 0 Å². The number of carbonyl (C=O) groups excluding carboxylic acids is 4. The van der Waals surface area contributed by atoms with Gasteiger partial charge in [0.05, 0.1) is 11.1 Å². The lowest BCUT2D eigenvalue weighted by Gasteiger charge is -2.14. The zero-order valence-corrected chi connectivity index (χ0v) is 13.9. The zero-order valence-electron chi connectivity index (χ0n) is 13.9. The number of ketones is 2. The molecule has 2 aromatic carbocycles. The number of hydrogen-bond acceptors (Lipinski definition) is 5. The van der Waals surface area contributed by atoms with Crippen LogP contribution < -0.4 is 10.5 Å². The summed E-state index contributed by atoms with van der Waals surface area (Å²) < 4.78 is 5.03. The van der Waals surface area contributed by atoms with Gasteiger partial charge in [-0.05, 0) is 24.6 Å². The quantitative estimate of drug-likeness (QED) is 0.494. The van der Waals surface area contributed by atoms with Gasteiger partial charge in [0.1, 0.15) is 0 Å². The van der Waals surface area contributed by atoms with Crippen LogP contribution in [0.5, 0.6) is 5.75 Å². The fourth-order valence-electron chi connectivity index (χ4n) is 2.48. The first-order valence-corrected chi connectivity index (χ1v) is 7.54. The van der Waals surface area contributed by atoms with E-state index in [1.54, 1.807) is 24.3 Å². The van der Waals surface area contributed by atoms with Gasteiger partial charge in [0, 0.05) is 18.9 Å². The molecule has 0 spiro atoms. The Morgan fingerprint density at radius 2 is 1.52 bits per heavy atom. The summed E-state index contributed by atoms with van der Waals surface area (Å²) in [6.07, 6.45) is 0.0660. The normalized spacial score (nSPS) is 10.2. The first-order chi connectivity index (χ1) is 11.8. The first-order valence-electron chi connectivity index (χ1n) is 7.54. The van der Waals surface area contributed by atoms with Gasteiger partial charge in [-0.2, -0.15) is 0 Å². The van der Waals surface area contributed by atoms with Crippen LogP contribution in [-0.4, -0.2) is 23.4 Å². The van der Waals surface area contributed by atoms with Crippen molar-refractivity contribution >= 4 is 23.4 Å². The highest BCUT2D eigenvalue weighted by atomic mass is 16.5. The second-order valence-corrected chi connectivity index (χ2v) is 5.46. The lowest BCUT2D eigenvalue weighted by molar-refractivity contribution is -0.131. The molecule has 0 heterocycles. The van der Waals surface area contributed by atoms with Crippen LogP contribution in [0.25, 0.3) is 0 Å². The summed E-state index contributed by atoms with van der Waals surface area (Å²) in [6, 6.07) is 11.6. The van der Waals surface area contributed by atoms with Gasteiger partial charge in [-0.1, -0.05) is 30.3 Å². The fraction of sp³-hybridized carbons (Fsp3) is 0.158. The molecule has 128 valence electrons. The van der Waals surface area contributed by atoms with Gasteiger partial charge < -0.3 is 10.5 Å². The van der Waals surface area contributed by atoms with Gasteiger partial charge in [0.15, 0.2) is 17.3 Å². The molecule has 6 nitrogen and oxygen atoms in total. The maximum absolute atomic E-state index is 12.6. The molecule has 0 aliphatic rings. The summed E-state index contributed by atoms with van der Waals surface area (Å²) >= 11 is 0. The molecule has 0 atom stereocenters. The van der Waals surface area contributed by atoms with Crippen LogP contribution in [0.1, 0.15) is 50.5 Å². The number of hydrogen-bond donors (Lipinski definition) is 1. The summed E-state index contributed by atoms with van der Waals surface area (Å²) in [4.78, 5) is 47.7. The maximum Gasteiger partial charge on any atom is 0.308 e. The van der Waals surface area contributed by atoms with Crippen LogP contribution in [0.2, 0.25) is 0 Å². The minimum Gasteiger partial charge on any atom is -0.425 e. The maximum atomic E-state index is 12.6. The Kier molecular flexibility index (Phi) is 5.44. The molecule has 0 aliphatic heterocycles. The molecule has 0 saturated carbocycles. The minimum atomic E-state index is -0.860. The Morgan fingerprint density at radius 1 is 0.920 bits per heavy atom. The van der Waals surface area contributed by atoms with Crippen molar-refractivity contribution < 1.29 is 23.9 Å². The van der Waals surface area contributed by atoms with Crippen LogP contribution in [0, 0.1) is 0 Å². The van der Waals surface area contributed by atoms with Crippen molar-refractivity contribution in [3.05, 3.63) is 64.7 Å². The standard InChI is InChI=1S/C19H17NO5/c1-11(21)17-14(16(23)10-13-6-4-3-5-7-13)8-9-15(19(20)24)18(17)25-12(2)22/h3-9H,10H2,1-2H3,(H2,20,24). The molecule has 2 aromatic rings. The summed E-state index contributed by atoms with van der Waals surface area (Å²) in [5.74, 6) is -2.69. The van der Waals surface area contributed by atoms with Gasteiger partial charge in [-0.3, -0.25) is 19.2 Å². The predicted molar refractivity (Wildman–Crippen MR) is 90.7 cm³/mol. The molecule has 0 bridgehead atoms. The van der Waals surface area contributed by atoms with Crippen LogP contribution in [0.15, 0.2) is 42.5 Å². The number of ether oxygens (including phenoxy) is 1. The highest BCUT2D eigenvalue weighted by Gasteiger charge is 2.25. The number of Topliss-reactive ketones (excluding diaryl/α,β-unsaturated/α-hetero) is 2. The van der Waals surface area contributed by atoms with Crippen molar-refractivity contribution in [3.63, 3.8) is 0 Å². The molecule has 25 heavy (non-hydrogen) atoms. The Hall–Kier alpha value is -3.28. The number of nitrogens with two attached hydrogens (primary N) is 1. The molecule has 6 heteroatoms. The van der Waals surface area contributed by atoms with Crippen LogP contribution in [0.3, 0.4) is 0 Å². The number of esters is 1. The average molecular weight is 339 g/mol. The number of benzene rings is 2. The highest BCUT2D eigenvalue weighted by molar-refractivity contribution is 6.13. The van der Waals surface area contributed by atoms with Gasteiger partial charge in [-0.15, -0.1) is 0 Å². The monoisotopic (exact) mass is 339 g/mol. The Balaban J connectivity index is 2.57. The molecular formula is C19H17NO5. The van der Waals surface area contributed by atoms with Crippen LogP contribution in [-0.2, 0) is 11.2 Å². The van der Waals surface area contributed by atoms with E-state index in [-0.39, 0.29) is 34.6 Å².